The second kappa shape index (κ2) is 7.89. The third-order valence-electron chi connectivity index (χ3n) is 5.13. The predicted molar refractivity (Wildman–Crippen MR) is 104 cm³/mol. The number of fused-ring (bicyclic) bond motifs is 1. The number of nitrogens with one attached hydrogen (secondary N) is 1. The first kappa shape index (κ1) is 18.9. The minimum atomic E-state index is -0.612. The second-order valence-corrected chi connectivity index (χ2v) is 7.39. The first-order valence-corrected chi connectivity index (χ1v) is 9.61. The first-order chi connectivity index (χ1) is 13.5. The lowest BCUT2D eigenvalue weighted by Gasteiger charge is -2.34. The Bertz CT molecular complexity index is 848. The molecule has 8 heteroatoms. The van der Waals surface area contributed by atoms with Crippen LogP contribution in [0.3, 0.4) is 0 Å². The maximum atomic E-state index is 14.7. The summed E-state index contributed by atoms with van der Waals surface area (Å²) in [5, 5.41) is 13.2. The van der Waals surface area contributed by atoms with Crippen LogP contribution in [-0.2, 0) is 4.74 Å². The van der Waals surface area contributed by atoms with E-state index in [4.69, 9.17) is 9.47 Å². The van der Waals surface area contributed by atoms with E-state index in [9.17, 15) is 9.50 Å². The van der Waals surface area contributed by atoms with Gasteiger partial charge in [0.15, 0.2) is 11.6 Å². The van der Waals surface area contributed by atoms with Crippen LogP contribution in [0.4, 0.5) is 16.0 Å². The number of nitrogens with zero attached hydrogens (tertiary/aromatic N) is 3. The predicted octanol–water partition coefficient (Wildman–Crippen LogP) is 2.45. The summed E-state index contributed by atoms with van der Waals surface area (Å²) in [6.07, 6.45) is 1.69. The zero-order chi connectivity index (χ0) is 19.7. The van der Waals surface area contributed by atoms with Crippen LogP contribution in [0, 0.1) is 5.82 Å². The second-order valence-electron chi connectivity index (χ2n) is 7.39. The number of hydrogen-bond donors (Lipinski definition) is 2. The van der Waals surface area contributed by atoms with Crippen molar-refractivity contribution in [2.24, 2.45) is 0 Å². The van der Waals surface area contributed by atoms with E-state index >= 15 is 0 Å². The zero-order valence-corrected chi connectivity index (χ0v) is 16.1. The maximum absolute atomic E-state index is 14.7. The number of anilines is 2. The molecule has 7 nitrogen and oxygen atoms in total. The van der Waals surface area contributed by atoms with Crippen molar-refractivity contribution in [2.45, 2.75) is 38.5 Å². The molecule has 0 saturated carbocycles. The molecule has 1 fully saturated rings. The van der Waals surface area contributed by atoms with Crippen molar-refractivity contribution >= 4 is 11.6 Å². The molecule has 1 aromatic carbocycles. The van der Waals surface area contributed by atoms with Crippen molar-refractivity contribution < 1.29 is 19.0 Å². The zero-order valence-electron chi connectivity index (χ0n) is 16.1. The number of ether oxygens (including phenoxy) is 2. The van der Waals surface area contributed by atoms with Gasteiger partial charge in [-0.2, -0.15) is 0 Å². The van der Waals surface area contributed by atoms with Gasteiger partial charge in [-0.05, 0) is 38.5 Å². The Morgan fingerprint density at radius 3 is 2.96 bits per heavy atom. The normalized spacial score (nSPS) is 22.0. The minimum Gasteiger partial charge on any atom is -0.486 e. The summed E-state index contributed by atoms with van der Waals surface area (Å²) in [5.74, 6) is 0.297. The minimum absolute atomic E-state index is 0.172. The molecule has 0 amide bonds. The summed E-state index contributed by atoms with van der Waals surface area (Å²) in [4.78, 5) is 10.9. The van der Waals surface area contributed by atoms with E-state index in [2.05, 4.69) is 34.0 Å². The highest BCUT2D eigenvalue weighted by Gasteiger charge is 2.26. The Labute approximate surface area is 163 Å². The highest BCUT2D eigenvalue weighted by Crippen LogP contribution is 2.38. The van der Waals surface area contributed by atoms with Gasteiger partial charge in [0.1, 0.15) is 6.61 Å². The van der Waals surface area contributed by atoms with Gasteiger partial charge in [0, 0.05) is 24.4 Å². The van der Waals surface area contributed by atoms with Gasteiger partial charge in [-0.25, -0.2) is 14.4 Å². The molecule has 28 heavy (non-hydrogen) atoms. The molecule has 0 aliphatic carbocycles. The number of aliphatic hydroxyl groups excluding tert-OH is 1. The molecule has 4 rings (SSSR count). The van der Waals surface area contributed by atoms with Gasteiger partial charge in [-0.1, -0.05) is 0 Å². The third-order valence-corrected chi connectivity index (χ3v) is 5.13. The van der Waals surface area contributed by atoms with Gasteiger partial charge in [-0.3, -0.25) is 0 Å². The van der Waals surface area contributed by atoms with Crippen molar-refractivity contribution in [3.63, 3.8) is 0 Å². The number of halogens is 1. The smallest absolute Gasteiger partial charge is 0.223 e. The fourth-order valence-corrected chi connectivity index (χ4v) is 3.63. The van der Waals surface area contributed by atoms with E-state index in [1.807, 2.05) is 6.07 Å². The Morgan fingerprint density at radius 1 is 1.32 bits per heavy atom. The van der Waals surface area contributed by atoms with Crippen molar-refractivity contribution in [1.82, 2.24) is 9.97 Å². The SMILES string of the molecule is CC(C)N1CCOc2c(F)cc(-c3ccnc(N[C@@H]4CCOC[C@H]4O)n3)cc21. The van der Waals surface area contributed by atoms with Gasteiger partial charge in [0.05, 0.1) is 36.7 Å². The lowest BCUT2D eigenvalue weighted by molar-refractivity contribution is -0.0136. The van der Waals surface area contributed by atoms with Crippen LogP contribution in [0.5, 0.6) is 5.75 Å². The largest absolute Gasteiger partial charge is 0.486 e. The topological polar surface area (TPSA) is 79.7 Å². The monoisotopic (exact) mass is 388 g/mol. The van der Waals surface area contributed by atoms with Crippen LogP contribution in [0.15, 0.2) is 24.4 Å². The molecule has 0 spiro atoms. The van der Waals surface area contributed by atoms with Crippen molar-refractivity contribution in [2.75, 3.05) is 36.6 Å². The first-order valence-electron chi connectivity index (χ1n) is 9.61. The number of aliphatic hydroxyl groups is 1. The number of rotatable bonds is 4. The van der Waals surface area contributed by atoms with Gasteiger partial charge in [0.2, 0.25) is 5.95 Å². The van der Waals surface area contributed by atoms with Gasteiger partial charge < -0.3 is 24.8 Å². The molecule has 3 heterocycles. The molecular formula is C20H25FN4O3. The van der Waals surface area contributed by atoms with Crippen LogP contribution in [0.2, 0.25) is 0 Å². The molecule has 0 radical (unpaired) electrons. The van der Waals surface area contributed by atoms with Crippen LogP contribution >= 0.6 is 0 Å². The lowest BCUT2D eigenvalue weighted by Crippen LogP contribution is -2.42. The summed E-state index contributed by atoms with van der Waals surface area (Å²) in [7, 11) is 0. The summed E-state index contributed by atoms with van der Waals surface area (Å²) in [6.45, 7) is 6.20. The summed E-state index contributed by atoms with van der Waals surface area (Å²) >= 11 is 0. The molecule has 2 aliphatic rings. The van der Waals surface area contributed by atoms with Gasteiger partial charge in [0.25, 0.3) is 0 Å². The molecule has 0 unspecified atom stereocenters. The molecule has 2 N–H and O–H groups in total. The van der Waals surface area contributed by atoms with Gasteiger partial charge >= 0.3 is 0 Å². The van der Waals surface area contributed by atoms with Crippen LogP contribution < -0.4 is 15.0 Å². The summed E-state index contributed by atoms with van der Waals surface area (Å²) < 4.78 is 25.5. The Balaban J connectivity index is 1.64. The standard InChI is InChI=1S/C20H25FN4O3/c1-12(2)25-6-8-28-19-14(21)9-13(10-17(19)25)15-3-5-22-20(23-15)24-16-4-7-27-11-18(16)26/h3,5,9-10,12,16,18,26H,4,6-8,11H2,1-2H3,(H,22,23,24)/t16-,18-/m1/s1. The summed E-state index contributed by atoms with van der Waals surface area (Å²) in [6, 6.07) is 5.16. The van der Waals surface area contributed by atoms with E-state index < -0.39 is 11.9 Å². The third kappa shape index (κ3) is 3.74. The number of hydrogen-bond acceptors (Lipinski definition) is 7. The van der Waals surface area contributed by atoms with Crippen LogP contribution in [0.25, 0.3) is 11.3 Å². The lowest BCUT2D eigenvalue weighted by atomic mass is 10.1. The van der Waals surface area contributed by atoms with Crippen LogP contribution in [0.1, 0.15) is 20.3 Å². The van der Waals surface area contributed by atoms with E-state index in [1.54, 1.807) is 12.3 Å². The Morgan fingerprint density at radius 2 is 2.18 bits per heavy atom. The quantitative estimate of drug-likeness (QED) is 0.833. The van der Waals surface area contributed by atoms with Crippen molar-refractivity contribution in [1.29, 1.82) is 0 Å². The highest BCUT2D eigenvalue weighted by molar-refractivity contribution is 5.72. The number of aromatic nitrogens is 2. The average molecular weight is 388 g/mol. The van der Waals surface area contributed by atoms with E-state index in [-0.39, 0.29) is 12.1 Å². The van der Waals surface area contributed by atoms with E-state index in [0.717, 1.165) is 5.69 Å². The van der Waals surface area contributed by atoms with Crippen LogP contribution in [-0.4, -0.2) is 59.6 Å². The molecular weight excluding hydrogens is 363 g/mol. The molecule has 150 valence electrons. The van der Waals surface area contributed by atoms with Gasteiger partial charge in [-0.15, -0.1) is 0 Å². The van der Waals surface area contributed by atoms with Crippen molar-refractivity contribution in [3.8, 4) is 17.0 Å². The molecule has 2 aromatic rings. The molecule has 2 aliphatic heterocycles. The fraction of sp³-hybridized carbons (Fsp3) is 0.500. The average Bonchev–Trinajstić information content (AvgIpc) is 2.69. The molecule has 1 aromatic heterocycles. The Kier molecular flexibility index (Phi) is 5.32. The fourth-order valence-electron chi connectivity index (χ4n) is 3.63. The summed E-state index contributed by atoms with van der Waals surface area (Å²) in [5.41, 5.74) is 2.00. The van der Waals surface area contributed by atoms with E-state index in [0.29, 0.717) is 55.7 Å². The van der Waals surface area contributed by atoms with E-state index in [1.165, 1.54) is 6.07 Å². The van der Waals surface area contributed by atoms with Crippen molar-refractivity contribution in [3.05, 3.63) is 30.2 Å². The molecule has 2 atom stereocenters. The molecule has 0 bridgehead atoms. The maximum Gasteiger partial charge on any atom is 0.223 e. The number of benzene rings is 1. The Hall–Kier alpha value is -2.45. The highest BCUT2D eigenvalue weighted by atomic mass is 19.1. The molecule has 1 saturated heterocycles.